The molecule has 110 valence electrons. The van der Waals surface area contributed by atoms with E-state index < -0.39 is 0 Å². The van der Waals surface area contributed by atoms with Gasteiger partial charge in [-0.25, -0.2) is 0 Å². The molecule has 0 bridgehead atoms. The minimum absolute atomic E-state index is 0.0568. The summed E-state index contributed by atoms with van der Waals surface area (Å²) in [5, 5.41) is 6.09. The van der Waals surface area contributed by atoms with Crippen LogP contribution in [-0.4, -0.2) is 19.0 Å². The molecule has 0 heterocycles. The van der Waals surface area contributed by atoms with Gasteiger partial charge in [-0.05, 0) is 49.6 Å². The van der Waals surface area contributed by atoms with Crippen molar-refractivity contribution in [3.8, 4) is 0 Å². The maximum atomic E-state index is 11.5. The van der Waals surface area contributed by atoms with Gasteiger partial charge < -0.3 is 10.6 Å². The van der Waals surface area contributed by atoms with Gasteiger partial charge in [-0.1, -0.05) is 30.3 Å². The van der Waals surface area contributed by atoms with Crippen molar-refractivity contribution in [3.05, 3.63) is 65.7 Å². The molecule has 2 rings (SSSR count). The minimum Gasteiger partial charge on any atom is -0.383 e. The van der Waals surface area contributed by atoms with Crippen LogP contribution in [0.25, 0.3) is 0 Å². The Labute approximate surface area is 126 Å². The Morgan fingerprint density at radius 1 is 1.05 bits per heavy atom. The van der Waals surface area contributed by atoms with Gasteiger partial charge >= 0.3 is 0 Å². The number of hydrogen-bond donors (Lipinski definition) is 2. The molecule has 2 aromatic rings. The lowest BCUT2D eigenvalue weighted by molar-refractivity contribution is 0.0963. The van der Waals surface area contributed by atoms with Gasteiger partial charge in [0.1, 0.15) is 0 Å². The van der Waals surface area contributed by atoms with Crippen molar-refractivity contribution in [2.45, 2.75) is 25.8 Å². The summed E-state index contributed by atoms with van der Waals surface area (Å²) >= 11 is 0. The number of aryl methyl sites for hydroxylation is 1. The standard InChI is InChI=1S/C18H22N2O/c1-14(8-9-15-6-4-3-5-7-15)20-17-12-10-16(11-13-17)18(21)19-2/h3-7,10-14,20H,8-9H2,1-2H3,(H,19,21). The zero-order valence-corrected chi connectivity index (χ0v) is 12.6. The van der Waals surface area contributed by atoms with E-state index in [4.69, 9.17) is 0 Å². The fourth-order valence-electron chi connectivity index (χ4n) is 2.25. The molecule has 1 unspecified atom stereocenters. The molecule has 0 aliphatic rings. The lowest BCUT2D eigenvalue weighted by atomic mass is 10.1. The molecule has 0 aliphatic carbocycles. The van der Waals surface area contributed by atoms with Crippen molar-refractivity contribution in [2.75, 3.05) is 12.4 Å². The largest absolute Gasteiger partial charge is 0.383 e. The molecule has 3 nitrogen and oxygen atoms in total. The van der Waals surface area contributed by atoms with E-state index in [0.717, 1.165) is 18.5 Å². The summed E-state index contributed by atoms with van der Waals surface area (Å²) in [6, 6.07) is 18.5. The second-order valence-corrected chi connectivity index (χ2v) is 5.23. The molecule has 0 radical (unpaired) electrons. The molecule has 0 aliphatic heterocycles. The number of hydrogen-bond acceptors (Lipinski definition) is 2. The Morgan fingerprint density at radius 2 is 1.71 bits per heavy atom. The van der Waals surface area contributed by atoms with Crippen LogP contribution in [0.5, 0.6) is 0 Å². The molecule has 0 saturated carbocycles. The van der Waals surface area contributed by atoms with Gasteiger partial charge in [-0.15, -0.1) is 0 Å². The van der Waals surface area contributed by atoms with Gasteiger partial charge in [0.05, 0.1) is 0 Å². The van der Waals surface area contributed by atoms with Crippen LogP contribution in [-0.2, 0) is 6.42 Å². The van der Waals surface area contributed by atoms with E-state index in [2.05, 4.69) is 41.8 Å². The maximum Gasteiger partial charge on any atom is 0.251 e. The van der Waals surface area contributed by atoms with Crippen LogP contribution >= 0.6 is 0 Å². The van der Waals surface area contributed by atoms with E-state index in [9.17, 15) is 4.79 Å². The molecular formula is C18H22N2O. The van der Waals surface area contributed by atoms with E-state index in [1.807, 2.05) is 30.3 Å². The van der Waals surface area contributed by atoms with E-state index >= 15 is 0 Å². The minimum atomic E-state index is -0.0568. The van der Waals surface area contributed by atoms with Crippen molar-refractivity contribution >= 4 is 11.6 Å². The third-order valence-electron chi connectivity index (χ3n) is 3.50. The van der Waals surface area contributed by atoms with Crippen LogP contribution in [0.3, 0.4) is 0 Å². The van der Waals surface area contributed by atoms with Crippen molar-refractivity contribution in [2.24, 2.45) is 0 Å². The summed E-state index contributed by atoms with van der Waals surface area (Å²) in [5.41, 5.74) is 3.09. The second-order valence-electron chi connectivity index (χ2n) is 5.23. The number of nitrogens with one attached hydrogen (secondary N) is 2. The molecule has 1 amide bonds. The number of carbonyl (C=O) groups is 1. The van der Waals surface area contributed by atoms with Crippen LogP contribution in [0.1, 0.15) is 29.3 Å². The van der Waals surface area contributed by atoms with E-state index in [0.29, 0.717) is 11.6 Å². The monoisotopic (exact) mass is 282 g/mol. The zero-order chi connectivity index (χ0) is 15.1. The molecule has 2 N–H and O–H groups in total. The topological polar surface area (TPSA) is 41.1 Å². The van der Waals surface area contributed by atoms with Crippen LogP contribution in [0.15, 0.2) is 54.6 Å². The zero-order valence-electron chi connectivity index (χ0n) is 12.6. The molecule has 0 aromatic heterocycles. The molecule has 21 heavy (non-hydrogen) atoms. The number of benzene rings is 2. The van der Waals surface area contributed by atoms with Gasteiger partial charge in [-0.3, -0.25) is 4.79 Å². The average Bonchev–Trinajstić information content (AvgIpc) is 2.54. The van der Waals surface area contributed by atoms with Crippen molar-refractivity contribution in [1.29, 1.82) is 0 Å². The van der Waals surface area contributed by atoms with Gasteiger partial charge in [0, 0.05) is 24.3 Å². The first-order chi connectivity index (χ1) is 10.2. The Balaban J connectivity index is 1.85. The Bertz CT molecular complexity index is 564. The van der Waals surface area contributed by atoms with E-state index in [1.54, 1.807) is 7.05 Å². The summed E-state index contributed by atoms with van der Waals surface area (Å²) in [5.74, 6) is -0.0568. The summed E-state index contributed by atoms with van der Waals surface area (Å²) in [6.45, 7) is 2.18. The lowest BCUT2D eigenvalue weighted by Gasteiger charge is -2.15. The molecule has 0 fully saturated rings. The highest BCUT2D eigenvalue weighted by Gasteiger charge is 2.05. The SMILES string of the molecule is CNC(=O)c1ccc(NC(C)CCc2ccccc2)cc1. The molecule has 2 aromatic carbocycles. The number of carbonyl (C=O) groups excluding carboxylic acids is 1. The Hall–Kier alpha value is -2.29. The fourth-order valence-corrected chi connectivity index (χ4v) is 2.25. The second kappa shape index (κ2) is 7.48. The summed E-state index contributed by atoms with van der Waals surface area (Å²) < 4.78 is 0. The summed E-state index contributed by atoms with van der Waals surface area (Å²) in [4.78, 5) is 11.5. The smallest absolute Gasteiger partial charge is 0.251 e. The van der Waals surface area contributed by atoms with Crippen molar-refractivity contribution in [1.82, 2.24) is 5.32 Å². The highest BCUT2D eigenvalue weighted by atomic mass is 16.1. The van der Waals surface area contributed by atoms with E-state index in [1.165, 1.54) is 5.56 Å². The highest BCUT2D eigenvalue weighted by molar-refractivity contribution is 5.94. The maximum absolute atomic E-state index is 11.5. The van der Waals surface area contributed by atoms with Crippen LogP contribution in [0, 0.1) is 0 Å². The predicted molar refractivity (Wildman–Crippen MR) is 87.7 cm³/mol. The number of rotatable bonds is 6. The fraction of sp³-hybridized carbons (Fsp3) is 0.278. The van der Waals surface area contributed by atoms with Crippen LogP contribution in [0.4, 0.5) is 5.69 Å². The first-order valence-corrected chi connectivity index (χ1v) is 7.31. The first kappa shape index (κ1) is 15.1. The van der Waals surface area contributed by atoms with Gasteiger partial charge in [0.2, 0.25) is 0 Å². The summed E-state index contributed by atoms with van der Waals surface area (Å²) in [6.07, 6.45) is 2.13. The van der Waals surface area contributed by atoms with Gasteiger partial charge in [0.15, 0.2) is 0 Å². The summed E-state index contributed by atoms with van der Waals surface area (Å²) in [7, 11) is 1.64. The third-order valence-corrected chi connectivity index (χ3v) is 3.50. The molecule has 0 spiro atoms. The highest BCUT2D eigenvalue weighted by Crippen LogP contribution is 2.13. The normalized spacial score (nSPS) is 11.7. The molecule has 0 saturated heterocycles. The van der Waals surface area contributed by atoms with Gasteiger partial charge in [0.25, 0.3) is 5.91 Å². The predicted octanol–water partition coefficient (Wildman–Crippen LogP) is 3.48. The lowest BCUT2D eigenvalue weighted by Crippen LogP contribution is -2.18. The Kier molecular flexibility index (Phi) is 5.38. The average molecular weight is 282 g/mol. The van der Waals surface area contributed by atoms with Crippen molar-refractivity contribution < 1.29 is 4.79 Å². The van der Waals surface area contributed by atoms with Crippen LogP contribution in [0.2, 0.25) is 0 Å². The molecule has 3 heteroatoms. The van der Waals surface area contributed by atoms with E-state index in [-0.39, 0.29) is 5.91 Å². The molecular weight excluding hydrogens is 260 g/mol. The van der Waals surface area contributed by atoms with Crippen molar-refractivity contribution in [3.63, 3.8) is 0 Å². The molecule has 1 atom stereocenters. The van der Waals surface area contributed by atoms with Crippen LogP contribution < -0.4 is 10.6 Å². The third kappa shape index (κ3) is 4.63. The van der Waals surface area contributed by atoms with Gasteiger partial charge in [-0.2, -0.15) is 0 Å². The number of amides is 1. The quantitative estimate of drug-likeness (QED) is 0.851. The first-order valence-electron chi connectivity index (χ1n) is 7.31. The number of anilines is 1. The Morgan fingerprint density at radius 3 is 2.33 bits per heavy atom.